The van der Waals surface area contributed by atoms with E-state index in [1.807, 2.05) is 42.5 Å². The van der Waals surface area contributed by atoms with Crippen LogP contribution in [-0.2, 0) is 6.61 Å². The molecule has 0 saturated heterocycles. The monoisotopic (exact) mass is 504 g/mol. The summed E-state index contributed by atoms with van der Waals surface area (Å²) < 4.78 is 20.3. The zero-order valence-corrected chi connectivity index (χ0v) is 17.7. The third kappa shape index (κ3) is 5.50. The minimum atomic E-state index is -0.419. The number of amides is 1. The van der Waals surface area contributed by atoms with Gasteiger partial charge in [-0.2, -0.15) is 5.10 Å². The van der Waals surface area contributed by atoms with Gasteiger partial charge < -0.3 is 4.74 Å². The van der Waals surface area contributed by atoms with Crippen LogP contribution in [0.5, 0.6) is 5.75 Å². The summed E-state index contributed by atoms with van der Waals surface area (Å²) in [6, 6.07) is 18.8. The van der Waals surface area contributed by atoms with Crippen LogP contribution in [0.1, 0.15) is 21.5 Å². The summed E-state index contributed by atoms with van der Waals surface area (Å²) in [5.41, 5.74) is 4.56. The van der Waals surface area contributed by atoms with Crippen LogP contribution in [0, 0.1) is 5.82 Å². The lowest BCUT2D eigenvalue weighted by Crippen LogP contribution is -2.17. The lowest BCUT2D eigenvalue weighted by Gasteiger charge is -2.11. The molecule has 142 valence electrons. The van der Waals surface area contributed by atoms with Gasteiger partial charge in [-0.1, -0.05) is 30.3 Å². The van der Waals surface area contributed by atoms with Gasteiger partial charge in [0.1, 0.15) is 18.2 Å². The molecule has 0 unspecified atom stereocenters. The molecule has 0 saturated carbocycles. The Morgan fingerprint density at radius 3 is 2.32 bits per heavy atom. The molecule has 7 heteroatoms. The maximum atomic E-state index is 12.9. The highest BCUT2D eigenvalue weighted by Gasteiger charge is 2.09. The normalized spacial score (nSPS) is 10.8. The second-order valence-corrected chi connectivity index (χ2v) is 7.50. The molecule has 1 N–H and O–H groups in total. The lowest BCUT2D eigenvalue weighted by atomic mass is 10.2. The Labute approximate surface area is 178 Å². The maximum Gasteiger partial charge on any atom is 0.271 e. The highest BCUT2D eigenvalue weighted by Crippen LogP contribution is 2.35. The average molecular weight is 506 g/mol. The van der Waals surface area contributed by atoms with E-state index in [4.69, 9.17) is 4.74 Å². The van der Waals surface area contributed by atoms with E-state index >= 15 is 0 Å². The zero-order valence-electron chi connectivity index (χ0n) is 14.5. The van der Waals surface area contributed by atoms with Gasteiger partial charge >= 0.3 is 0 Å². The Bertz CT molecular complexity index is 970. The van der Waals surface area contributed by atoms with Gasteiger partial charge in [-0.05, 0) is 79.4 Å². The minimum absolute atomic E-state index is 0.325. The second-order valence-electron chi connectivity index (χ2n) is 5.79. The standard InChI is InChI=1S/C21H15Br2FN2O2/c22-18-10-15(12-25-26-21(27)16-6-8-17(24)9-7-16)11-19(23)20(18)28-13-14-4-2-1-3-5-14/h1-12H,13H2,(H,26,27)/b25-12-. The van der Waals surface area contributed by atoms with E-state index in [9.17, 15) is 9.18 Å². The molecule has 0 aliphatic rings. The van der Waals surface area contributed by atoms with Crippen LogP contribution in [0.2, 0.25) is 0 Å². The third-order valence-corrected chi connectivity index (χ3v) is 4.91. The van der Waals surface area contributed by atoms with Gasteiger partial charge in [0, 0.05) is 5.56 Å². The van der Waals surface area contributed by atoms with Crippen molar-refractivity contribution in [3.05, 3.63) is 98.2 Å². The number of carbonyl (C=O) groups is 1. The molecule has 0 fully saturated rings. The van der Waals surface area contributed by atoms with Gasteiger partial charge in [0.15, 0.2) is 0 Å². The number of benzene rings is 3. The molecular weight excluding hydrogens is 491 g/mol. The number of ether oxygens (including phenoxy) is 1. The number of hydrazone groups is 1. The molecule has 0 bridgehead atoms. The molecule has 0 aliphatic carbocycles. The van der Waals surface area contributed by atoms with Gasteiger partial charge in [-0.15, -0.1) is 0 Å². The molecule has 3 rings (SSSR count). The van der Waals surface area contributed by atoms with E-state index in [2.05, 4.69) is 42.4 Å². The first-order chi connectivity index (χ1) is 13.5. The summed E-state index contributed by atoms with van der Waals surface area (Å²) >= 11 is 6.99. The zero-order chi connectivity index (χ0) is 19.9. The Hall–Kier alpha value is -2.51. The van der Waals surface area contributed by atoms with Crippen LogP contribution >= 0.6 is 31.9 Å². The van der Waals surface area contributed by atoms with Crippen molar-refractivity contribution in [2.75, 3.05) is 0 Å². The summed E-state index contributed by atoms with van der Waals surface area (Å²) in [5, 5.41) is 3.95. The number of hydrogen-bond acceptors (Lipinski definition) is 3. The van der Waals surface area contributed by atoms with Gasteiger partial charge in [0.2, 0.25) is 0 Å². The Morgan fingerprint density at radius 2 is 1.68 bits per heavy atom. The molecule has 3 aromatic carbocycles. The average Bonchev–Trinajstić information content (AvgIpc) is 2.68. The second kappa shape index (κ2) is 9.61. The van der Waals surface area contributed by atoms with Crippen LogP contribution in [0.25, 0.3) is 0 Å². The van der Waals surface area contributed by atoms with E-state index < -0.39 is 11.7 Å². The fourth-order valence-corrected chi connectivity index (χ4v) is 3.80. The fraction of sp³-hybridized carbons (Fsp3) is 0.0476. The molecule has 0 spiro atoms. The highest BCUT2D eigenvalue weighted by molar-refractivity contribution is 9.11. The van der Waals surface area contributed by atoms with Crippen LogP contribution in [-0.4, -0.2) is 12.1 Å². The van der Waals surface area contributed by atoms with Crippen LogP contribution in [0.4, 0.5) is 4.39 Å². The minimum Gasteiger partial charge on any atom is -0.487 e. The van der Waals surface area contributed by atoms with Crippen molar-refractivity contribution in [2.24, 2.45) is 5.10 Å². The first-order valence-electron chi connectivity index (χ1n) is 8.27. The number of nitrogens with one attached hydrogen (secondary N) is 1. The van der Waals surface area contributed by atoms with Crippen LogP contribution < -0.4 is 10.2 Å². The molecule has 0 radical (unpaired) electrons. The number of halogens is 3. The van der Waals surface area contributed by atoms with Crippen molar-refractivity contribution in [3.8, 4) is 5.75 Å². The summed E-state index contributed by atoms with van der Waals surface area (Å²) in [6.07, 6.45) is 1.51. The Kier molecular flexibility index (Phi) is 6.95. The van der Waals surface area contributed by atoms with Crippen molar-refractivity contribution in [1.82, 2.24) is 5.43 Å². The summed E-state index contributed by atoms with van der Waals surface area (Å²) in [4.78, 5) is 12.0. The van der Waals surface area contributed by atoms with E-state index in [0.29, 0.717) is 17.9 Å². The van der Waals surface area contributed by atoms with E-state index in [1.54, 1.807) is 0 Å². The molecule has 0 atom stereocenters. The highest BCUT2D eigenvalue weighted by atomic mass is 79.9. The first-order valence-corrected chi connectivity index (χ1v) is 9.86. The molecule has 0 heterocycles. The predicted octanol–water partition coefficient (Wildman–Crippen LogP) is 5.69. The Morgan fingerprint density at radius 1 is 1.04 bits per heavy atom. The molecule has 4 nitrogen and oxygen atoms in total. The number of rotatable bonds is 6. The van der Waals surface area contributed by atoms with Crippen molar-refractivity contribution < 1.29 is 13.9 Å². The number of carbonyl (C=O) groups excluding carboxylic acids is 1. The van der Waals surface area contributed by atoms with Crippen molar-refractivity contribution in [2.45, 2.75) is 6.61 Å². The lowest BCUT2D eigenvalue weighted by molar-refractivity contribution is 0.0955. The van der Waals surface area contributed by atoms with Gasteiger partial charge in [0.25, 0.3) is 5.91 Å². The van der Waals surface area contributed by atoms with Gasteiger partial charge in [-0.25, -0.2) is 9.82 Å². The summed E-state index contributed by atoms with van der Waals surface area (Å²) in [6.45, 7) is 0.444. The van der Waals surface area contributed by atoms with E-state index in [1.165, 1.54) is 30.5 Å². The number of nitrogens with zero attached hydrogens (tertiary/aromatic N) is 1. The van der Waals surface area contributed by atoms with Gasteiger partial charge in [0.05, 0.1) is 15.2 Å². The molecular formula is C21H15Br2FN2O2. The quantitative estimate of drug-likeness (QED) is 0.345. The summed E-state index contributed by atoms with van der Waals surface area (Å²) in [5.74, 6) is -0.141. The molecule has 28 heavy (non-hydrogen) atoms. The SMILES string of the molecule is O=C(N/N=C\c1cc(Br)c(OCc2ccccc2)c(Br)c1)c1ccc(F)cc1. The van der Waals surface area contributed by atoms with Crippen molar-refractivity contribution in [1.29, 1.82) is 0 Å². The molecule has 1 amide bonds. The van der Waals surface area contributed by atoms with Crippen molar-refractivity contribution >= 4 is 44.0 Å². The molecule has 0 aliphatic heterocycles. The van der Waals surface area contributed by atoms with E-state index in [-0.39, 0.29) is 0 Å². The molecule has 3 aromatic rings. The van der Waals surface area contributed by atoms with Crippen LogP contribution in [0.15, 0.2) is 80.8 Å². The first kappa shape index (κ1) is 20.2. The smallest absolute Gasteiger partial charge is 0.271 e. The maximum absolute atomic E-state index is 12.9. The van der Waals surface area contributed by atoms with Crippen LogP contribution in [0.3, 0.4) is 0 Å². The van der Waals surface area contributed by atoms with E-state index in [0.717, 1.165) is 20.1 Å². The van der Waals surface area contributed by atoms with Gasteiger partial charge in [-0.3, -0.25) is 4.79 Å². The largest absolute Gasteiger partial charge is 0.487 e. The summed E-state index contributed by atoms with van der Waals surface area (Å²) in [7, 11) is 0. The molecule has 0 aromatic heterocycles. The Balaban J connectivity index is 1.64. The number of hydrogen-bond donors (Lipinski definition) is 1. The predicted molar refractivity (Wildman–Crippen MR) is 114 cm³/mol. The van der Waals surface area contributed by atoms with Crippen molar-refractivity contribution in [3.63, 3.8) is 0 Å². The topological polar surface area (TPSA) is 50.7 Å². The third-order valence-electron chi connectivity index (χ3n) is 3.73. The fourth-order valence-electron chi connectivity index (χ4n) is 2.35.